The Bertz CT molecular complexity index is 1030. The zero-order valence-electron chi connectivity index (χ0n) is 16.4. The highest BCUT2D eigenvalue weighted by Gasteiger charge is 2.43. The first-order valence-corrected chi connectivity index (χ1v) is 9.61. The molecule has 1 fully saturated rings. The summed E-state index contributed by atoms with van der Waals surface area (Å²) in [5.41, 5.74) is 0.377. The molecule has 0 aromatic carbocycles. The number of nitrogens with zero attached hydrogens (tertiary/aromatic N) is 4. The number of rotatable bonds is 4. The van der Waals surface area contributed by atoms with Crippen molar-refractivity contribution in [2.24, 2.45) is 0 Å². The van der Waals surface area contributed by atoms with Crippen LogP contribution in [0.1, 0.15) is 6.42 Å². The van der Waals surface area contributed by atoms with Gasteiger partial charge in [-0.3, -0.25) is 25.1 Å². The van der Waals surface area contributed by atoms with E-state index in [0.717, 1.165) is 6.07 Å². The number of pyridine rings is 1. The summed E-state index contributed by atoms with van der Waals surface area (Å²) >= 11 is 0. The molecule has 4 rings (SSSR count). The topological polar surface area (TPSA) is 133 Å². The Balaban J connectivity index is 1.54. The van der Waals surface area contributed by atoms with Gasteiger partial charge in [0, 0.05) is 25.4 Å². The first kappa shape index (κ1) is 21.4. The molecule has 4 heterocycles. The lowest BCUT2D eigenvalue weighted by molar-refractivity contribution is -0.384. The second-order valence-corrected chi connectivity index (χ2v) is 7.39. The molecule has 170 valence electrons. The van der Waals surface area contributed by atoms with Gasteiger partial charge in [-0.2, -0.15) is 13.2 Å². The molecule has 11 nitrogen and oxygen atoms in total. The van der Waals surface area contributed by atoms with Crippen molar-refractivity contribution in [3.8, 4) is 0 Å². The number of nitrogens with one attached hydrogen (secondary N) is 3. The molecule has 0 radical (unpaired) electrons. The Morgan fingerprint density at radius 1 is 1.38 bits per heavy atom. The van der Waals surface area contributed by atoms with E-state index in [1.807, 2.05) is 10.2 Å². The molecule has 3 amide bonds. The molecule has 2 atom stereocenters. The molecular formula is C18H18F3N7O4. The van der Waals surface area contributed by atoms with E-state index in [0.29, 0.717) is 25.2 Å². The lowest BCUT2D eigenvalue weighted by Gasteiger charge is -2.40. The Hall–Kier alpha value is -3.84. The van der Waals surface area contributed by atoms with Crippen LogP contribution in [0.2, 0.25) is 0 Å². The summed E-state index contributed by atoms with van der Waals surface area (Å²) in [4.78, 5) is 42.9. The standard InChI is InChI=1S/C18H18F3N7O4/c19-18(20,21)9-23-16(29)12-1-2-13-15(24-12)27(11-4-6-26(13)8-11)17(30)25-14-7-10(28(31)32)3-5-22-14/h1-3,5,7,11-12,24H,4,6,8-9H2,(H,23,29)(H,22,25,30)/t11-,12?/m0/s1. The molecule has 3 aliphatic heterocycles. The zero-order valence-corrected chi connectivity index (χ0v) is 16.4. The van der Waals surface area contributed by atoms with Gasteiger partial charge in [-0.05, 0) is 12.5 Å². The number of nitro groups is 1. The van der Waals surface area contributed by atoms with Crippen molar-refractivity contribution >= 4 is 23.4 Å². The van der Waals surface area contributed by atoms with Crippen LogP contribution < -0.4 is 16.0 Å². The third-order valence-corrected chi connectivity index (χ3v) is 5.25. The summed E-state index contributed by atoms with van der Waals surface area (Å²) in [5, 5.41) is 18.1. The minimum atomic E-state index is -4.55. The molecule has 3 N–H and O–H groups in total. The molecular weight excluding hydrogens is 435 g/mol. The van der Waals surface area contributed by atoms with E-state index in [2.05, 4.69) is 15.6 Å². The average molecular weight is 453 g/mol. The number of hydrogen-bond acceptors (Lipinski definition) is 7. The second kappa shape index (κ2) is 8.01. The quantitative estimate of drug-likeness (QED) is 0.462. The molecule has 1 aromatic rings. The van der Waals surface area contributed by atoms with Gasteiger partial charge in [-0.15, -0.1) is 0 Å². The van der Waals surface area contributed by atoms with Crippen LogP contribution in [0.25, 0.3) is 0 Å². The maximum Gasteiger partial charge on any atom is 0.405 e. The van der Waals surface area contributed by atoms with Gasteiger partial charge in [-0.25, -0.2) is 9.78 Å². The van der Waals surface area contributed by atoms with Gasteiger partial charge in [0.05, 0.1) is 22.7 Å². The number of alkyl halides is 3. The predicted molar refractivity (Wildman–Crippen MR) is 104 cm³/mol. The Labute approximate surface area is 179 Å². The van der Waals surface area contributed by atoms with Crippen molar-refractivity contribution in [2.45, 2.75) is 24.7 Å². The van der Waals surface area contributed by atoms with Gasteiger partial charge in [0.1, 0.15) is 24.2 Å². The predicted octanol–water partition coefficient (Wildman–Crippen LogP) is 1.29. The van der Waals surface area contributed by atoms with Gasteiger partial charge in [-0.1, -0.05) is 6.08 Å². The number of halogens is 3. The lowest BCUT2D eigenvalue weighted by Crippen LogP contribution is -2.56. The minimum absolute atomic E-state index is 0.0300. The van der Waals surface area contributed by atoms with Gasteiger partial charge in [0.2, 0.25) is 5.91 Å². The summed E-state index contributed by atoms with van der Waals surface area (Å²) in [6.45, 7) is -0.286. The maximum atomic E-state index is 13.1. The number of amides is 3. The maximum absolute atomic E-state index is 13.1. The highest BCUT2D eigenvalue weighted by Crippen LogP contribution is 2.33. The fraction of sp³-hybridized carbons (Fsp3) is 0.389. The third kappa shape index (κ3) is 4.29. The highest BCUT2D eigenvalue weighted by atomic mass is 19.4. The zero-order chi connectivity index (χ0) is 23.0. The molecule has 14 heteroatoms. The van der Waals surface area contributed by atoms with Crippen LogP contribution in [0.4, 0.5) is 29.5 Å². The van der Waals surface area contributed by atoms with Gasteiger partial charge in [0.25, 0.3) is 5.69 Å². The van der Waals surface area contributed by atoms with E-state index < -0.39 is 35.6 Å². The molecule has 0 saturated carbocycles. The van der Waals surface area contributed by atoms with Crippen LogP contribution in [0.3, 0.4) is 0 Å². The molecule has 0 aliphatic carbocycles. The fourth-order valence-corrected chi connectivity index (χ4v) is 3.83. The van der Waals surface area contributed by atoms with Crippen LogP contribution in [0.5, 0.6) is 0 Å². The number of aromatic nitrogens is 1. The third-order valence-electron chi connectivity index (χ3n) is 5.25. The van der Waals surface area contributed by atoms with E-state index in [9.17, 15) is 32.9 Å². The molecule has 1 saturated heterocycles. The molecule has 1 unspecified atom stereocenters. The first-order chi connectivity index (χ1) is 15.1. The molecule has 0 spiro atoms. The summed E-state index contributed by atoms with van der Waals surface area (Å²) in [5.74, 6) is -0.646. The largest absolute Gasteiger partial charge is 0.405 e. The van der Waals surface area contributed by atoms with Crippen LogP contribution in [-0.4, -0.2) is 69.5 Å². The Morgan fingerprint density at radius 3 is 2.88 bits per heavy atom. The average Bonchev–Trinajstić information content (AvgIpc) is 3.15. The number of carbonyl (C=O) groups excluding carboxylic acids is 2. The van der Waals surface area contributed by atoms with Gasteiger partial charge in [0.15, 0.2) is 0 Å². The number of hydrogen-bond donors (Lipinski definition) is 3. The molecule has 32 heavy (non-hydrogen) atoms. The van der Waals surface area contributed by atoms with Crippen LogP contribution in [0, 0.1) is 10.1 Å². The van der Waals surface area contributed by atoms with Gasteiger partial charge < -0.3 is 15.5 Å². The second-order valence-electron chi connectivity index (χ2n) is 7.39. The van der Waals surface area contributed by atoms with Crippen LogP contribution >= 0.6 is 0 Å². The van der Waals surface area contributed by atoms with Crippen molar-refractivity contribution < 1.29 is 27.7 Å². The van der Waals surface area contributed by atoms with E-state index in [-0.39, 0.29) is 23.4 Å². The van der Waals surface area contributed by atoms with Crippen molar-refractivity contribution in [1.82, 2.24) is 25.4 Å². The fourth-order valence-electron chi connectivity index (χ4n) is 3.83. The summed E-state index contributed by atoms with van der Waals surface area (Å²) in [7, 11) is 0. The number of allylic oxidation sites excluding steroid dienone is 1. The monoisotopic (exact) mass is 453 g/mol. The van der Waals surface area contributed by atoms with Crippen LogP contribution in [-0.2, 0) is 4.79 Å². The molecule has 1 aromatic heterocycles. The Morgan fingerprint density at radius 2 is 2.16 bits per heavy atom. The van der Waals surface area contributed by atoms with Crippen molar-refractivity contribution in [2.75, 3.05) is 25.0 Å². The minimum Gasteiger partial charge on any atom is -0.366 e. The van der Waals surface area contributed by atoms with Crippen molar-refractivity contribution in [3.05, 3.63) is 52.1 Å². The van der Waals surface area contributed by atoms with Gasteiger partial charge >= 0.3 is 12.2 Å². The number of anilines is 1. The van der Waals surface area contributed by atoms with Crippen molar-refractivity contribution in [3.63, 3.8) is 0 Å². The van der Waals surface area contributed by atoms with E-state index in [1.54, 1.807) is 6.08 Å². The number of dihydropyridines is 1. The van der Waals surface area contributed by atoms with Crippen molar-refractivity contribution in [1.29, 1.82) is 0 Å². The number of fused-ring (bicyclic) bond motifs is 3. The molecule has 2 bridgehead atoms. The number of urea groups is 1. The smallest absolute Gasteiger partial charge is 0.366 e. The normalized spacial score (nSPS) is 21.7. The van der Waals surface area contributed by atoms with E-state index >= 15 is 0 Å². The van der Waals surface area contributed by atoms with E-state index in [1.165, 1.54) is 23.2 Å². The highest BCUT2D eigenvalue weighted by molar-refractivity contribution is 5.91. The Kier molecular flexibility index (Phi) is 5.36. The lowest BCUT2D eigenvalue weighted by atomic mass is 10.1. The first-order valence-electron chi connectivity index (χ1n) is 9.61. The SMILES string of the molecule is O=C(NCC(F)(F)F)C1C=CC2=C(N1)N(C(=O)Nc1cc([N+](=O)[O-])ccn1)[C@H]1CCN2C1. The molecule has 3 aliphatic rings. The summed E-state index contributed by atoms with van der Waals surface area (Å²) in [6, 6.07) is 0.296. The van der Waals surface area contributed by atoms with Crippen LogP contribution in [0.15, 0.2) is 42.0 Å². The number of carbonyl (C=O) groups is 2. The van der Waals surface area contributed by atoms with E-state index in [4.69, 9.17) is 0 Å². The summed E-state index contributed by atoms with van der Waals surface area (Å²) < 4.78 is 37.3. The summed E-state index contributed by atoms with van der Waals surface area (Å²) in [6.07, 6.45) is 0.293.